The van der Waals surface area contributed by atoms with Crippen molar-refractivity contribution in [2.45, 2.75) is 71.6 Å². The van der Waals surface area contributed by atoms with Crippen molar-refractivity contribution >= 4 is 17.5 Å². The second-order valence-corrected chi connectivity index (χ2v) is 11.0. The highest BCUT2D eigenvalue weighted by molar-refractivity contribution is 6.05. The standard InChI is InChI=1S/C31H46N4O5/c1-6-16-34(5)20-29-22(2)19-35(23(3)21-36)31(38)27-18-26(33-30(37)25-12-14-32-15-13-25)10-11-28(27)40-24(4)9-7-8-17-39-29/h10-15,18,22-24,29,36H,6-9,16-17,19-21H2,1-5H3,(H,33,37)/t22-,23-,24+,29-/m1/s1. The van der Waals surface area contributed by atoms with Crippen molar-refractivity contribution in [3.8, 4) is 5.75 Å². The molecule has 0 fully saturated rings. The first-order chi connectivity index (χ1) is 19.2. The molecular weight excluding hydrogens is 508 g/mol. The van der Waals surface area contributed by atoms with Crippen LogP contribution in [-0.4, -0.2) is 89.9 Å². The number of aromatic nitrogens is 1. The number of fused-ring (bicyclic) bond motifs is 1. The molecule has 2 amide bonds. The summed E-state index contributed by atoms with van der Waals surface area (Å²) in [6, 6.07) is 8.00. The van der Waals surface area contributed by atoms with Crippen LogP contribution in [0.2, 0.25) is 0 Å². The van der Waals surface area contributed by atoms with Gasteiger partial charge in [0.15, 0.2) is 0 Å². The van der Waals surface area contributed by atoms with Gasteiger partial charge in [0.05, 0.1) is 30.4 Å². The summed E-state index contributed by atoms with van der Waals surface area (Å²) in [6.07, 6.45) is 6.71. The third-order valence-corrected chi connectivity index (χ3v) is 7.35. The summed E-state index contributed by atoms with van der Waals surface area (Å²) in [5, 5.41) is 13.0. The first kappa shape index (κ1) is 31.5. The SMILES string of the molecule is CCCN(C)C[C@H]1OCCCC[C@H](C)Oc2ccc(NC(=O)c3ccncc3)cc2C(=O)N([C@H](C)CO)C[C@H]1C. The Labute approximate surface area is 238 Å². The van der Waals surface area contributed by atoms with Gasteiger partial charge in [-0.25, -0.2) is 0 Å². The molecule has 0 aliphatic carbocycles. The molecule has 0 spiro atoms. The number of anilines is 1. The van der Waals surface area contributed by atoms with Crippen molar-refractivity contribution in [1.29, 1.82) is 0 Å². The lowest BCUT2D eigenvalue weighted by molar-refractivity contribution is -0.0167. The van der Waals surface area contributed by atoms with Crippen LogP contribution in [-0.2, 0) is 4.74 Å². The first-order valence-electron chi connectivity index (χ1n) is 14.5. The predicted molar refractivity (Wildman–Crippen MR) is 157 cm³/mol. The van der Waals surface area contributed by atoms with Crippen molar-refractivity contribution in [2.75, 3.05) is 45.2 Å². The Kier molecular flexibility index (Phi) is 12.4. The van der Waals surface area contributed by atoms with Crippen LogP contribution in [0.25, 0.3) is 0 Å². The summed E-state index contributed by atoms with van der Waals surface area (Å²) in [5.41, 5.74) is 1.30. The minimum Gasteiger partial charge on any atom is -0.490 e. The highest BCUT2D eigenvalue weighted by atomic mass is 16.5. The molecule has 0 unspecified atom stereocenters. The number of hydrogen-bond acceptors (Lipinski definition) is 7. The maximum absolute atomic E-state index is 14.2. The Bertz CT molecular complexity index is 1080. The van der Waals surface area contributed by atoms with Crippen LogP contribution < -0.4 is 10.1 Å². The van der Waals surface area contributed by atoms with Crippen molar-refractivity contribution in [3.63, 3.8) is 0 Å². The number of pyridine rings is 1. The first-order valence-corrected chi connectivity index (χ1v) is 14.5. The fourth-order valence-corrected chi connectivity index (χ4v) is 4.95. The van der Waals surface area contributed by atoms with Crippen molar-refractivity contribution in [3.05, 3.63) is 53.9 Å². The lowest BCUT2D eigenvalue weighted by atomic mass is 10.0. The van der Waals surface area contributed by atoms with Crippen LogP contribution in [0.4, 0.5) is 5.69 Å². The van der Waals surface area contributed by atoms with Crippen LogP contribution in [0, 0.1) is 5.92 Å². The lowest BCUT2D eigenvalue weighted by Crippen LogP contribution is -2.47. The van der Waals surface area contributed by atoms with Crippen molar-refractivity contribution in [2.24, 2.45) is 5.92 Å². The van der Waals surface area contributed by atoms with Gasteiger partial charge in [-0.1, -0.05) is 13.8 Å². The number of benzene rings is 1. The molecule has 1 aromatic carbocycles. The Balaban J connectivity index is 1.96. The number of hydrogen-bond donors (Lipinski definition) is 2. The van der Waals surface area contributed by atoms with Gasteiger partial charge in [0, 0.05) is 49.3 Å². The highest BCUT2D eigenvalue weighted by Gasteiger charge is 2.30. The molecule has 0 bridgehead atoms. The van der Waals surface area contributed by atoms with Gasteiger partial charge in [-0.15, -0.1) is 0 Å². The van der Waals surface area contributed by atoms with Gasteiger partial charge in [0.2, 0.25) is 0 Å². The molecule has 1 aliphatic rings. The summed E-state index contributed by atoms with van der Waals surface area (Å²) in [6.45, 7) is 10.7. The van der Waals surface area contributed by atoms with E-state index in [1.54, 1.807) is 47.6 Å². The average Bonchev–Trinajstić information content (AvgIpc) is 2.95. The fourth-order valence-electron chi connectivity index (χ4n) is 4.95. The number of nitrogens with zero attached hydrogens (tertiary/aromatic N) is 3. The number of aliphatic hydroxyl groups excluding tert-OH is 1. The van der Waals surface area contributed by atoms with Gasteiger partial charge >= 0.3 is 0 Å². The number of carbonyl (C=O) groups excluding carboxylic acids is 2. The number of ether oxygens (including phenoxy) is 2. The number of amides is 2. The Hall–Kier alpha value is -3.01. The Morgan fingerprint density at radius 1 is 1.23 bits per heavy atom. The minimum atomic E-state index is -0.419. The molecule has 1 aromatic heterocycles. The third-order valence-electron chi connectivity index (χ3n) is 7.35. The zero-order valence-corrected chi connectivity index (χ0v) is 24.6. The van der Waals surface area contributed by atoms with Gasteiger partial charge in [-0.2, -0.15) is 0 Å². The van der Waals surface area contributed by atoms with Crippen LogP contribution in [0.3, 0.4) is 0 Å². The normalized spacial score (nSPS) is 21.7. The molecule has 40 heavy (non-hydrogen) atoms. The minimum absolute atomic E-state index is 0.0260. The van der Waals surface area contributed by atoms with E-state index in [0.29, 0.717) is 35.7 Å². The number of likely N-dealkylation sites (N-methyl/N-ethyl adjacent to an activating group) is 1. The summed E-state index contributed by atoms with van der Waals surface area (Å²) >= 11 is 0. The van der Waals surface area contributed by atoms with Gasteiger partial charge in [0.1, 0.15) is 5.75 Å². The molecule has 220 valence electrons. The second kappa shape index (κ2) is 15.7. The van der Waals surface area contributed by atoms with E-state index in [1.807, 2.05) is 13.8 Å². The maximum atomic E-state index is 14.2. The Morgan fingerprint density at radius 2 is 1.98 bits per heavy atom. The molecular formula is C31H46N4O5. The molecule has 0 radical (unpaired) electrons. The summed E-state index contributed by atoms with van der Waals surface area (Å²) in [7, 11) is 2.10. The van der Waals surface area contributed by atoms with Crippen LogP contribution >= 0.6 is 0 Å². The van der Waals surface area contributed by atoms with E-state index in [-0.39, 0.29) is 36.5 Å². The number of rotatable bonds is 8. The largest absolute Gasteiger partial charge is 0.490 e. The lowest BCUT2D eigenvalue weighted by Gasteiger charge is -2.35. The molecule has 2 N–H and O–H groups in total. The number of carbonyl (C=O) groups is 2. The van der Waals surface area contributed by atoms with Crippen LogP contribution in [0.1, 0.15) is 74.1 Å². The van der Waals surface area contributed by atoms with E-state index in [0.717, 1.165) is 38.8 Å². The van der Waals surface area contributed by atoms with Crippen LogP contribution in [0.5, 0.6) is 5.75 Å². The van der Waals surface area contributed by atoms with E-state index in [2.05, 4.69) is 36.1 Å². The van der Waals surface area contributed by atoms with Gasteiger partial charge in [-0.05, 0) is 83.5 Å². The highest BCUT2D eigenvalue weighted by Crippen LogP contribution is 2.28. The average molecular weight is 555 g/mol. The van der Waals surface area contributed by atoms with E-state index in [4.69, 9.17) is 9.47 Å². The van der Waals surface area contributed by atoms with Gasteiger partial charge in [0.25, 0.3) is 11.8 Å². The van der Waals surface area contributed by atoms with Crippen molar-refractivity contribution in [1.82, 2.24) is 14.8 Å². The molecule has 0 saturated heterocycles. The van der Waals surface area contributed by atoms with E-state index in [1.165, 1.54) is 0 Å². The summed E-state index contributed by atoms with van der Waals surface area (Å²) in [4.78, 5) is 34.9. The quantitative estimate of drug-likeness (QED) is 0.496. The smallest absolute Gasteiger partial charge is 0.258 e. The predicted octanol–water partition coefficient (Wildman–Crippen LogP) is 4.47. The fraction of sp³-hybridized carbons (Fsp3) is 0.581. The Morgan fingerprint density at radius 3 is 2.67 bits per heavy atom. The molecule has 3 rings (SSSR count). The van der Waals surface area contributed by atoms with E-state index in [9.17, 15) is 14.7 Å². The zero-order valence-electron chi connectivity index (χ0n) is 24.6. The van der Waals surface area contributed by atoms with E-state index >= 15 is 0 Å². The molecule has 2 aromatic rings. The van der Waals surface area contributed by atoms with Gasteiger partial charge in [-0.3, -0.25) is 14.6 Å². The monoisotopic (exact) mass is 554 g/mol. The molecule has 0 saturated carbocycles. The third kappa shape index (κ3) is 9.01. The molecule has 1 aliphatic heterocycles. The molecule has 2 heterocycles. The molecule has 9 heteroatoms. The summed E-state index contributed by atoms with van der Waals surface area (Å²) < 4.78 is 12.7. The molecule has 4 atom stereocenters. The van der Waals surface area contributed by atoms with E-state index < -0.39 is 6.04 Å². The molecule has 9 nitrogen and oxygen atoms in total. The zero-order chi connectivity index (χ0) is 29.1. The second-order valence-electron chi connectivity index (χ2n) is 11.0. The number of nitrogens with one attached hydrogen (secondary N) is 1. The van der Waals surface area contributed by atoms with Gasteiger partial charge < -0.3 is 29.7 Å². The summed E-state index contributed by atoms with van der Waals surface area (Å²) in [5.74, 6) is -0.0588. The number of aliphatic hydroxyl groups is 1. The topological polar surface area (TPSA) is 104 Å². The van der Waals surface area contributed by atoms with Crippen LogP contribution in [0.15, 0.2) is 42.7 Å². The van der Waals surface area contributed by atoms with Crippen molar-refractivity contribution < 1.29 is 24.2 Å². The maximum Gasteiger partial charge on any atom is 0.258 e.